The summed E-state index contributed by atoms with van der Waals surface area (Å²) in [5, 5.41) is 24.1. The summed E-state index contributed by atoms with van der Waals surface area (Å²) >= 11 is 0. The third-order valence-corrected chi connectivity index (χ3v) is 4.47. The summed E-state index contributed by atoms with van der Waals surface area (Å²) in [4.78, 5) is 23.1. The molecule has 1 fully saturated rings. The highest BCUT2D eigenvalue weighted by Crippen LogP contribution is 2.22. The lowest BCUT2D eigenvalue weighted by molar-refractivity contribution is 0.0930. The van der Waals surface area contributed by atoms with Gasteiger partial charge in [-0.25, -0.2) is 9.67 Å². The first-order valence-electron chi connectivity index (χ1n) is 8.59. The Kier molecular flexibility index (Phi) is 4.60. The number of aromatic hydroxyl groups is 1. The van der Waals surface area contributed by atoms with Crippen molar-refractivity contribution in [2.24, 2.45) is 0 Å². The Hall–Kier alpha value is -3.56. The largest absolute Gasteiger partial charge is 0.507 e. The van der Waals surface area contributed by atoms with Gasteiger partial charge in [-0.05, 0) is 35.4 Å². The molecule has 1 unspecified atom stereocenters. The average Bonchev–Trinajstić information content (AvgIpc) is 3.23. The highest BCUT2D eigenvalue weighted by atomic mass is 16.3. The first kappa shape index (κ1) is 16.9. The van der Waals surface area contributed by atoms with E-state index in [0.717, 1.165) is 25.2 Å². The summed E-state index contributed by atoms with van der Waals surface area (Å²) in [6.45, 7) is 1.52. The van der Waals surface area contributed by atoms with Crippen molar-refractivity contribution < 1.29 is 9.90 Å². The molecule has 2 N–H and O–H groups in total. The van der Waals surface area contributed by atoms with Crippen LogP contribution in [-0.4, -0.2) is 60.3 Å². The molecule has 3 heterocycles. The topological polar surface area (TPSA) is 122 Å². The van der Waals surface area contributed by atoms with Gasteiger partial charge in [0.15, 0.2) is 0 Å². The number of amides is 1. The summed E-state index contributed by atoms with van der Waals surface area (Å²) in [7, 11) is 0. The highest BCUT2D eigenvalue weighted by molar-refractivity contribution is 5.97. The van der Waals surface area contributed by atoms with Gasteiger partial charge in [-0.3, -0.25) is 9.78 Å². The van der Waals surface area contributed by atoms with Crippen LogP contribution in [0.25, 0.3) is 5.69 Å². The third-order valence-electron chi connectivity index (χ3n) is 4.47. The van der Waals surface area contributed by atoms with Crippen molar-refractivity contribution in [3.8, 4) is 11.4 Å². The molecular formula is C17H18N8O2. The molecule has 0 saturated carbocycles. The van der Waals surface area contributed by atoms with Crippen molar-refractivity contribution in [1.29, 1.82) is 0 Å². The number of piperidine rings is 1. The van der Waals surface area contributed by atoms with Gasteiger partial charge in [0.25, 0.3) is 5.91 Å². The summed E-state index contributed by atoms with van der Waals surface area (Å²) in [6, 6.07) is 4.66. The van der Waals surface area contributed by atoms with Crippen LogP contribution in [0.2, 0.25) is 0 Å². The van der Waals surface area contributed by atoms with Crippen LogP contribution in [0.15, 0.2) is 43.1 Å². The third kappa shape index (κ3) is 3.68. The van der Waals surface area contributed by atoms with Gasteiger partial charge < -0.3 is 15.3 Å². The van der Waals surface area contributed by atoms with E-state index < -0.39 is 0 Å². The number of nitrogens with one attached hydrogen (secondary N) is 1. The Labute approximate surface area is 154 Å². The molecule has 0 bridgehead atoms. The lowest BCUT2D eigenvalue weighted by Gasteiger charge is -2.33. The molecule has 1 aromatic carbocycles. The maximum Gasteiger partial charge on any atom is 0.255 e. The van der Waals surface area contributed by atoms with E-state index >= 15 is 0 Å². The van der Waals surface area contributed by atoms with Gasteiger partial charge >= 0.3 is 0 Å². The number of phenolic OH excluding ortho intramolecular Hbond substituents is 1. The average molecular weight is 366 g/mol. The zero-order valence-corrected chi connectivity index (χ0v) is 14.4. The molecule has 27 heavy (non-hydrogen) atoms. The first-order chi connectivity index (χ1) is 13.2. The molecule has 4 rings (SSSR count). The van der Waals surface area contributed by atoms with Crippen LogP contribution in [0.5, 0.6) is 5.75 Å². The zero-order chi connectivity index (χ0) is 18.6. The van der Waals surface area contributed by atoms with Gasteiger partial charge in [0, 0.05) is 37.6 Å². The Morgan fingerprint density at radius 2 is 2.22 bits per heavy atom. The molecule has 10 heteroatoms. The number of aromatic nitrogens is 6. The van der Waals surface area contributed by atoms with Crippen molar-refractivity contribution in [2.45, 2.75) is 18.9 Å². The number of rotatable bonds is 4. The van der Waals surface area contributed by atoms with Crippen molar-refractivity contribution in [3.05, 3.63) is 48.7 Å². The summed E-state index contributed by atoms with van der Waals surface area (Å²) in [5.74, 6) is 0.356. The minimum Gasteiger partial charge on any atom is -0.507 e. The summed E-state index contributed by atoms with van der Waals surface area (Å²) in [5.41, 5.74) is 0.781. The molecule has 138 valence electrons. The number of phenols is 1. The van der Waals surface area contributed by atoms with Gasteiger partial charge in [-0.1, -0.05) is 0 Å². The van der Waals surface area contributed by atoms with Crippen LogP contribution in [0.3, 0.4) is 0 Å². The Morgan fingerprint density at radius 1 is 1.30 bits per heavy atom. The van der Waals surface area contributed by atoms with E-state index in [1.54, 1.807) is 30.7 Å². The number of anilines is 1. The maximum atomic E-state index is 12.6. The normalized spacial score (nSPS) is 16.9. The molecule has 0 spiro atoms. The van der Waals surface area contributed by atoms with Gasteiger partial charge in [0.05, 0.1) is 17.4 Å². The fraction of sp³-hybridized carbons (Fsp3) is 0.294. The molecule has 0 radical (unpaired) electrons. The fourth-order valence-corrected chi connectivity index (χ4v) is 3.15. The standard InChI is InChI=1S/C17H18N8O2/c26-15-8-13(25-11-20-22-23-25)3-4-14(15)17(27)21-12-2-1-7-24(10-12)16-9-18-5-6-19-16/h3-6,8-9,11-12,26H,1-2,7,10H2,(H,21,27). The number of hydrogen-bond acceptors (Lipinski definition) is 8. The lowest BCUT2D eigenvalue weighted by atomic mass is 10.0. The van der Waals surface area contributed by atoms with E-state index in [1.807, 2.05) is 0 Å². The number of carbonyl (C=O) groups excluding carboxylic acids is 1. The van der Waals surface area contributed by atoms with Gasteiger partial charge in [-0.2, -0.15) is 0 Å². The molecule has 1 aliphatic heterocycles. The van der Waals surface area contributed by atoms with E-state index in [0.29, 0.717) is 12.2 Å². The number of benzene rings is 1. The van der Waals surface area contributed by atoms with Crippen LogP contribution < -0.4 is 10.2 Å². The smallest absolute Gasteiger partial charge is 0.255 e. The Bertz CT molecular complexity index is 916. The minimum absolute atomic E-state index is 0.0353. The second-order valence-corrected chi connectivity index (χ2v) is 6.28. The van der Waals surface area contributed by atoms with Crippen molar-refractivity contribution in [3.63, 3.8) is 0 Å². The molecular weight excluding hydrogens is 348 g/mol. The monoisotopic (exact) mass is 366 g/mol. The molecule has 0 aliphatic carbocycles. The molecule has 10 nitrogen and oxygen atoms in total. The number of hydrogen-bond donors (Lipinski definition) is 2. The number of tetrazole rings is 1. The first-order valence-corrected chi connectivity index (χ1v) is 8.59. The zero-order valence-electron chi connectivity index (χ0n) is 14.4. The molecule has 3 aromatic rings. The Balaban J connectivity index is 1.44. The molecule has 1 aliphatic rings. The van der Waals surface area contributed by atoms with E-state index in [-0.39, 0.29) is 23.3 Å². The van der Waals surface area contributed by atoms with Gasteiger partial charge in [-0.15, -0.1) is 5.10 Å². The number of nitrogens with zero attached hydrogens (tertiary/aromatic N) is 7. The summed E-state index contributed by atoms with van der Waals surface area (Å²) < 4.78 is 1.40. The second kappa shape index (κ2) is 7.36. The van der Waals surface area contributed by atoms with E-state index in [9.17, 15) is 9.90 Å². The van der Waals surface area contributed by atoms with E-state index in [1.165, 1.54) is 17.1 Å². The van der Waals surface area contributed by atoms with Crippen LogP contribution in [0, 0.1) is 0 Å². The van der Waals surface area contributed by atoms with Crippen molar-refractivity contribution in [2.75, 3.05) is 18.0 Å². The molecule has 2 aromatic heterocycles. The second-order valence-electron chi connectivity index (χ2n) is 6.28. The van der Waals surface area contributed by atoms with Gasteiger partial charge in [0.1, 0.15) is 17.9 Å². The SMILES string of the molecule is O=C(NC1CCCN(c2cnccn2)C1)c1ccc(-n2cnnn2)cc1O. The molecule has 1 amide bonds. The van der Waals surface area contributed by atoms with E-state index in [2.05, 4.69) is 35.7 Å². The predicted octanol–water partition coefficient (Wildman–Crippen LogP) is 0.557. The summed E-state index contributed by atoms with van der Waals surface area (Å²) in [6.07, 6.45) is 8.22. The van der Waals surface area contributed by atoms with Crippen LogP contribution in [0.1, 0.15) is 23.2 Å². The van der Waals surface area contributed by atoms with Crippen LogP contribution >= 0.6 is 0 Å². The molecule has 1 atom stereocenters. The van der Waals surface area contributed by atoms with Crippen LogP contribution in [-0.2, 0) is 0 Å². The Morgan fingerprint density at radius 3 is 2.96 bits per heavy atom. The minimum atomic E-state index is -0.318. The quantitative estimate of drug-likeness (QED) is 0.687. The number of carbonyl (C=O) groups is 1. The van der Waals surface area contributed by atoms with E-state index in [4.69, 9.17) is 0 Å². The fourth-order valence-electron chi connectivity index (χ4n) is 3.15. The lowest BCUT2D eigenvalue weighted by Crippen LogP contribution is -2.48. The van der Waals surface area contributed by atoms with Crippen LogP contribution in [0.4, 0.5) is 5.82 Å². The van der Waals surface area contributed by atoms with Gasteiger partial charge in [0.2, 0.25) is 0 Å². The maximum absolute atomic E-state index is 12.6. The van der Waals surface area contributed by atoms with Crippen molar-refractivity contribution >= 4 is 11.7 Å². The van der Waals surface area contributed by atoms with Crippen molar-refractivity contribution in [1.82, 2.24) is 35.5 Å². The molecule has 1 saturated heterocycles. The predicted molar refractivity (Wildman–Crippen MR) is 95.6 cm³/mol. The highest BCUT2D eigenvalue weighted by Gasteiger charge is 2.24.